The van der Waals surface area contributed by atoms with Crippen LogP contribution in [-0.4, -0.2) is 0 Å². The molecule has 0 spiro atoms. The van der Waals surface area contributed by atoms with E-state index in [0.29, 0.717) is 0 Å². The highest BCUT2D eigenvalue weighted by Crippen LogP contribution is 2.14. The van der Waals surface area contributed by atoms with Crippen LogP contribution in [0.5, 0.6) is 0 Å². The van der Waals surface area contributed by atoms with E-state index in [1.54, 1.807) is 0 Å². The average Bonchev–Trinajstić information content (AvgIpc) is 2.43. The third kappa shape index (κ3) is 25.4. The van der Waals surface area contributed by atoms with E-state index in [4.69, 9.17) is 0 Å². The number of rotatable bonds is 16. The molecule has 0 radical (unpaired) electrons. The normalized spacial score (nSPS) is 10.4. The van der Waals surface area contributed by atoms with Gasteiger partial charge in [0.1, 0.15) is 0 Å². The van der Waals surface area contributed by atoms with Crippen LogP contribution >= 0.6 is 0 Å². The van der Waals surface area contributed by atoms with Gasteiger partial charge in [-0.15, -0.1) is 0 Å². The molecule has 0 heterocycles. The number of quaternary nitrogens is 1. The fourth-order valence-electron chi connectivity index (χ4n) is 2.92. The van der Waals surface area contributed by atoms with Gasteiger partial charge in [-0.3, -0.25) is 0 Å². The Kier molecular flexibility index (Phi) is 29.4. The van der Waals surface area contributed by atoms with Crippen molar-refractivity contribution in [3.63, 3.8) is 0 Å². The first kappa shape index (κ1) is 27.3. The van der Waals surface area contributed by atoms with E-state index in [2.05, 4.69) is 20.8 Å². The second-order valence-corrected chi connectivity index (χ2v) is 7.13. The predicted octanol–water partition coefficient (Wildman–Crippen LogP) is 5.28. The van der Waals surface area contributed by atoms with Gasteiger partial charge in [-0.1, -0.05) is 124 Å². The van der Waals surface area contributed by atoms with Crippen LogP contribution in [-0.2, 0) is 0 Å². The van der Waals surface area contributed by atoms with E-state index in [0.717, 1.165) is 5.92 Å². The number of unbranched alkanes of at least 4 members (excludes halogenated alkanes) is 14. The second-order valence-electron chi connectivity index (χ2n) is 7.13. The Morgan fingerprint density at radius 1 is 0.500 bits per heavy atom. The average molecular weight is 380 g/mol. The van der Waals surface area contributed by atoms with Crippen LogP contribution in [0.4, 0.5) is 0 Å². The largest absolute Gasteiger partial charge is 1.00 e. The van der Waals surface area contributed by atoms with Gasteiger partial charge >= 0.3 is 0 Å². The van der Waals surface area contributed by atoms with Crippen molar-refractivity contribution in [2.24, 2.45) is 5.92 Å². The summed E-state index contributed by atoms with van der Waals surface area (Å²) in [5.74, 6) is 0.900. The van der Waals surface area contributed by atoms with Crippen molar-refractivity contribution < 1.29 is 17.0 Å². The molecule has 0 rings (SSSR count). The number of hydrogen-bond acceptors (Lipinski definition) is 0. The minimum absolute atomic E-state index is 0. The standard InChI is InChI=1S/C20H42.BrH.H3N/c1-4-5-6-7-8-9-10-11-12-13-14-15-16-17-18-19-20(2)3;;/h20H,4-19H2,1-3H3;1H;1H3. The molecule has 0 aliphatic heterocycles. The lowest BCUT2D eigenvalue weighted by Crippen LogP contribution is -3.00. The lowest BCUT2D eigenvalue weighted by atomic mass is 10.0. The zero-order valence-electron chi connectivity index (χ0n) is 16.3. The Balaban J connectivity index is -0.00000180. The molecule has 0 saturated carbocycles. The van der Waals surface area contributed by atoms with Crippen LogP contribution in [0.3, 0.4) is 0 Å². The van der Waals surface area contributed by atoms with Gasteiger partial charge in [0.05, 0.1) is 0 Å². The highest BCUT2D eigenvalue weighted by atomic mass is 79.9. The summed E-state index contributed by atoms with van der Waals surface area (Å²) in [6.07, 6.45) is 23.5. The fourth-order valence-corrected chi connectivity index (χ4v) is 2.92. The minimum Gasteiger partial charge on any atom is -1.00 e. The Morgan fingerprint density at radius 2 is 0.773 bits per heavy atom. The Hall–Kier alpha value is 0.440. The molecule has 4 N–H and O–H groups in total. The first-order chi connectivity index (χ1) is 9.77. The van der Waals surface area contributed by atoms with Crippen LogP contribution in [0.25, 0.3) is 0 Å². The fraction of sp³-hybridized carbons (Fsp3) is 1.00. The zero-order valence-corrected chi connectivity index (χ0v) is 17.9. The molecule has 0 unspecified atom stereocenters. The third-order valence-corrected chi connectivity index (χ3v) is 4.39. The van der Waals surface area contributed by atoms with Crippen molar-refractivity contribution in [1.29, 1.82) is 0 Å². The van der Waals surface area contributed by atoms with Crippen LogP contribution in [0.2, 0.25) is 0 Å². The van der Waals surface area contributed by atoms with E-state index < -0.39 is 0 Å². The summed E-state index contributed by atoms with van der Waals surface area (Å²) in [6, 6.07) is 0. The summed E-state index contributed by atoms with van der Waals surface area (Å²) in [5.41, 5.74) is 0. The second kappa shape index (κ2) is 23.7. The molecule has 0 aliphatic carbocycles. The molecule has 0 aromatic carbocycles. The third-order valence-electron chi connectivity index (χ3n) is 4.39. The number of hydrogen-bond donors (Lipinski definition) is 1. The van der Waals surface area contributed by atoms with Crippen molar-refractivity contribution in [3.05, 3.63) is 0 Å². The van der Waals surface area contributed by atoms with Gasteiger partial charge in [-0.2, -0.15) is 0 Å². The first-order valence-electron chi connectivity index (χ1n) is 9.77. The number of halogens is 1. The van der Waals surface area contributed by atoms with E-state index in [1.165, 1.54) is 103 Å². The van der Waals surface area contributed by atoms with E-state index >= 15 is 0 Å². The summed E-state index contributed by atoms with van der Waals surface area (Å²) >= 11 is 0. The summed E-state index contributed by atoms with van der Waals surface area (Å²) < 4.78 is 0. The van der Waals surface area contributed by atoms with Crippen molar-refractivity contribution in [3.8, 4) is 0 Å². The minimum atomic E-state index is 0. The maximum Gasteiger partial charge on any atom is -0.0471 e. The van der Waals surface area contributed by atoms with Crippen LogP contribution in [0, 0.1) is 5.92 Å². The smallest absolute Gasteiger partial charge is 0.0471 e. The summed E-state index contributed by atoms with van der Waals surface area (Å²) in [4.78, 5) is 0. The highest BCUT2D eigenvalue weighted by molar-refractivity contribution is 4.50. The molecule has 0 aromatic rings. The molecule has 0 amide bonds. The van der Waals surface area contributed by atoms with E-state index in [-0.39, 0.29) is 23.1 Å². The van der Waals surface area contributed by atoms with Gasteiger partial charge in [0.25, 0.3) is 0 Å². The molecule has 0 aliphatic rings. The van der Waals surface area contributed by atoms with Gasteiger partial charge in [0, 0.05) is 0 Å². The predicted molar refractivity (Wildman–Crippen MR) is 100 cm³/mol. The van der Waals surface area contributed by atoms with Crippen LogP contribution in [0.15, 0.2) is 0 Å². The lowest BCUT2D eigenvalue weighted by molar-refractivity contribution is -0.00000518. The molecule has 138 valence electrons. The lowest BCUT2D eigenvalue weighted by Gasteiger charge is -2.05. The van der Waals surface area contributed by atoms with Gasteiger partial charge in [-0.05, 0) is 5.92 Å². The van der Waals surface area contributed by atoms with Gasteiger partial charge < -0.3 is 23.1 Å². The van der Waals surface area contributed by atoms with E-state index in [9.17, 15) is 0 Å². The van der Waals surface area contributed by atoms with Crippen molar-refractivity contribution in [2.45, 2.75) is 124 Å². The Bertz CT molecular complexity index is 171. The molecular weight excluding hydrogens is 334 g/mol. The molecule has 22 heavy (non-hydrogen) atoms. The maximum absolute atomic E-state index is 2.34. The molecule has 1 nitrogen and oxygen atoms in total. The summed E-state index contributed by atoms with van der Waals surface area (Å²) in [6.45, 7) is 6.97. The molecule has 0 bridgehead atoms. The topological polar surface area (TPSA) is 36.5 Å². The van der Waals surface area contributed by atoms with Gasteiger partial charge in [-0.25, -0.2) is 0 Å². The first-order valence-corrected chi connectivity index (χ1v) is 9.77. The molecule has 0 fully saturated rings. The van der Waals surface area contributed by atoms with Crippen molar-refractivity contribution >= 4 is 0 Å². The molecule has 2 heteroatoms. The van der Waals surface area contributed by atoms with E-state index in [1.807, 2.05) is 0 Å². The highest BCUT2D eigenvalue weighted by Gasteiger charge is 1.95. The molecular formula is C20H46BrN. The molecule has 0 saturated heterocycles. The summed E-state index contributed by atoms with van der Waals surface area (Å²) in [7, 11) is 0. The zero-order chi connectivity index (χ0) is 14.9. The van der Waals surface area contributed by atoms with Crippen molar-refractivity contribution in [2.75, 3.05) is 0 Å². The quantitative estimate of drug-likeness (QED) is 0.354. The Labute approximate surface area is 152 Å². The van der Waals surface area contributed by atoms with Crippen LogP contribution in [0.1, 0.15) is 124 Å². The molecule has 0 aromatic heterocycles. The van der Waals surface area contributed by atoms with Gasteiger partial charge in [0.2, 0.25) is 0 Å². The maximum atomic E-state index is 2.34. The van der Waals surface area contributed by atoms with Crippen LogP contribution < -0.4 is 23.1 Å². The Morgan fingerprint density at radius 3 is 1.05 bits per heavy atom. The molecule has 0 atom stereocenters. The van der Waals surface area contributed by atoms with Crippen molar-refractivity contribution in [1.82, 2.24) is 6.15 Å². The summed E-state index contributed by atoms with van der Waals surface area (Å²) in [5, 5.41) is 0. The van der Waals surface area contributed by atoms with Gasteiger partial charge in [0.15, 0.2) is 0 Å². The SMILES string of the molecule is CCCCCCCCCCCCCCCCCC(C)C.[Br-].[NH4+]. The monoisotopic (exact) mass is 379 g/mol.